The van der Waals surface area contributed by atoms with E-state index in [9.17, 15) is 13.2 Å². The highest BCUT2D eigenvalue weighted by atomic mass is 32.2. The molecule has 0 radical (unpaired) electrons. The van der Waals surface area contributed by atoms with Crippen LogP contribution in [0, 0.1) is 0 Å². The SMILES string of the molecule is COCCCNC(=O)Cc1ccc(NS(=O)(=O)c2cccs2)cc1. The van der Waals surface area contributed by atoms with Crippen LogP contribution in [0.2, 0.25) is 0 Å². The molecule has 1 heterocycles. The van der Waals surface area contributed by atoms with Gasteiger partial charge in [-0.3, -0.25) is 9.52 Å². The topological polar surface area (TPSA) is 84.5 Å². The maximum absolute atomic E-state index is 12.1. The number of benzene rings is 1. The number of rotatable bonds is 9. The van der Waals surface area contributed by atoms with Gasteiger partial charge in [-0.2, -0.15) is 0 Å². The molecule has 6 nitrogen and oxygen atoms in total. The van der Waals surface area contributed by atoms with Crippen LogP contribution in [0.3, 0.4) is 0 Å². The van der Waals surface area contributed by atoms with Gasteiger partial charge in [0.25, 0.3) is 10.0 Å². The third-order valence-electron chi connectivity index (χ3n) is 3.18. The van der Waals surface area contributed by atoms with Crippen molar-refractivity contribution >= 4 is 33.0 Å². The summed E-state index contributed by atoms with van der Waals surface area (Å²) in [5.41, 5.74) is 1.28. The second kappa shape index (κ2) is 8.81. The summed E-state index contributed by atoms with van der Waals surface area (Å²) >= 11 is 1.16. The lowest BCUT2D eigenvalue weighted by Crippen LogP contribution is -2.26. The molecule has 0 aliphatic carbocycles. The number of methoxy groups -OCH3 is 1. The fraction of sp³-hybridized carbons (Fsp3) is 0.312. The quantitative estimate of drug-likeness (QED) is 0.665. The summed E-state index contributed by atoms with van der Waals surface area (Å²) in [4.78, 5) is 11.8. The first kappa shape index (κ1) is 18.4. The summed E-state index contributed by atoms with van der Waals surface area (Å²) < 4.78 is 31.9. The smallest absolute Gasteiger partial charge is 0.271 e. The summed E-state index contributed by atoms with van der Waals surface area (Å²) in [6, 6.07) is 10.0. The van der Waals surface area contributed by atoms with Crippen LogP contribution in [0.5, 0.6) is 0 Å². The standard InChI is InChI=1S/C16H20N2O4S2/c1-22-10-3-9-17-15(19)12-13-5-7-14(8-6-13)18-24(20,21)16-4-2-11-23-16/h2,4-8,11,18H,3,9-10,12H2,1H3,(H,17,19). The van der Waals surface area contributed by atoms with E-state index < -0.39 is 10.0 Å². The van der Waals surface area contributed by atoms with Gasteiger partial charge in [0.2, 0.25) is 5.91 Å². The summed E-state index contributed by atoms with van der Waals surface area (Å²) in [6.07, 6.45) is 1.02. The van der Waals surface area contributed by atoms with Gasteiger partial charge in [-0.15, -0.1) is 11.3 Å². The Labute approximate surface area is 145 Å². The second-order valence-electron chi connectivity index (χ2n) is 5.11. The number of amides is 1. The molecule has 0 bridgehead atoms. The molecule has 2 rings (SSSR count). The van der Waals surface area contributed by atoms with Crippen LogP contribution in [-0.2, 0) is 26.0 Å². The van der Waals surface area contributed by atoms with Gasteiger partial charge in [0, 0.05) is 25.9 Å². The molecule has 0 saturated carbocycles. The minimum absolute atomic E-state index is 0.0713. The van der Waals surface area contributed by atoms with E-state index in [1.54, 1.807) is 48.9 Å². The van der Waals surface area contributed by atoms with Crippen molar-refractivity contribution in [1.82, 2.24) is 5.32 Å². The molecule has 0 atom stereocenters. The Hall–Kier alpha value is -1.90. The number of nitrogens with one attached hydrogen (secondary N) is 2. The fourth-order valence-corrected chi connectivity index (χ4v) is 4.06. The van der Waals surface area contributed by atoms with Gasteiger partial charge in [-0.25, -0.2) is 8.42 Å². The summed E-state index contributed by atoms with van der Waals surface area (Å²) in [6.45, 7) is 1.19. The monoisotopic (exact) mass is 368 g/mol. The van der Waals surface area contributed by atoms with Crippen LogP contribution in [0.1, 0.15) is 12.0 Å². The molecule has 0 saturated heterocycles. The molecule has 0 aliphatic rings. The van der Waals surface area contributed by atoms with Crippen molar-refractivity contribution in [2.24, 2.45) is 0 Å². The predicted octanol–water partition coefficient (Wildman–Crippen LogP) is 2.24. The molecule has 130 valence electrons. The molecule has 8 heteroatoms. The minimum Gasteiger partial charge on any atom is -0.385 e. The van der Waals surface area contributed by atoms with Crippen LogP contribution in [0.25, 0.3) is 0 Å². The van der Waals surface area contributed by atoms with Gasteiger partial charge in [-0.05, 0) is 35.6 Å². The number of anilines is 1. The van der Waals surface area contributed by atoms with Crippen molar-refractivity contribution in [2.45, 2.75) is 17.1 Å². The van der Waals surface area contributed by atoms with Gasteiger partial charge in [0.1, 0.15) is 4.21 Å². The first-order valence-corrected chi connectivity index (χ1v) is 9.78. The van der Waals surface area contributed by atoms with Gasteiger partial charge >= 0.3 is 0 Å². The number of ether oxygens (including phenoxy) is 1. The first-order chi connectivity index (χ1) is 11.5. The van der Waals surface area contributed by atoms with E-state index in [2.05, 4.69) is 10.0 Å². The Morgan fingerprint density at radius 1 is 1.21 bits per heavy atom. The molecule has 2 N–H and O–H groups in total. The summed E-state index contributed by atoms with van der Waals surface area (Å²) in [7, 11) is -1.92. The lowest BCUT2D eigenvalue weighted by atomic mass is 10.1. The zero-order valence-corrected chi connectivity index (χ0v) is 15.0. The largest absolute Gasteiger partial charge is 0.385 e. The Morgan fingerprint density at radius 3 is 2.58 bits per heavy atom. The Bertz CT molecular complexity index is 741. The molecule has 2 aromatic rings. The van der Waals surface area contributed by atoms with Crippen molar-refractivity contribution in [1.29, 1.82) is 0 Å². The molecule has 0 unspecified atom stereocenters. The van der Waals surface area contributed by atoms with Crippen LogP contribution in [0.4, 0.5) is 5.69 Å². The average molecular weight is 368 g/mol. The molecule has 0 fully saturated rings. The molecular formula is C16H20N2O4S2. The van der Waals surface area contributed by atoms with Crippen LogP contribution in [-0.4, -0.2) is 34.6 Å². The Morgan fingerprint density at radius 2 is 1.96 bits per heavy atom. The van der Waals surface area contributed by atoms with Crippen molar-refractivity contribution in [2.75, 3.05) is 25.0 Å². The second-order valence-corrected chi connectivity index (χ2v) is 7.96. The maximum atomic E-state index is 12.1. The highest BCUT2D eigenvalue weighted by Gasteiger charge is 2.15. The van der Waals surface area contributed by atoms with Crippen molar-refractivity contribution < 1.29 is 17.9 Å². The van der Waals surface area contributed by atoms with E-state index in [0.29, 0.717) is 18.8 Å². The minimum atomic E-state index is -3.55. The van der Waals surface area contributed by atoms with Crippen LogP contribution < -0.4 is 10.0 Å². The third kappa shape index (κ3) is 5.63. The average Bonchev–Trinajstić information content (AvgIpc) is 3.09. The van der Waals surface area contributed by atoms with E-state index in [4.69, 9.17) is 4.74 Å². The number of sulfonamides is 1. The van der Waals surface area contributed by atoms with E-state index in [0.717, 1.165) is 23.3 Å². The van der Waals surface area contributed by atoms with E-state index in [1.165, 1.54) is 0 Å². The van der Waals surface area contributed by atoms with Crippen molar-refractivity contribution in [3.8, 4) is 0 Å². The maximum Gasteiger partial charge on any atom is 0.271 e. The normalized spacial score (nSPS) is 11.2. The molecule has 1 aromatic carbocycles. The number of hydrogen-bond acceptors (Lipinski definition) is 5. The van der Waals surface area contributed by atoms with E-state index >= 15 is 0 Å². The van der Waals surface area contributed by atoms with Gasteiger partial charge in [0.15, 0.2) is 0 Å². The first-order valence-electron chi connectivity index (χ1n) is 7.42. The van der Waals surface area contributed by atoms with Crippen molar-refractivity contribution in [3.63, 3.8) is 0 Å². The van der Waals surface area contributed by atoms with E-state index in [1.807, 2.05) is 0 Å². The molecule has 1 amide bonds. The summed E-state index contributed by atoms with van der Waals surface area (Å²) in [5.74, 6) is -0.0713. The number of carbonyl (C=O) groups is 1. The molecule has 24 heavy (non-hydrogen) atoms. The highest BCUT2D eigenvalue weighted by Crippen LogP contribution is 2.20. The number of hydrogen-bond donors (Lipinski definition) is 2. The molecule has 0 aliphatic heterocycles. The zero-order valence-electron chi connectivity index (χ0n) is 13.3. The Balaban J connectivity index is 1.88. The Kier molecular flexibility index (Phi) is 6.77. The zero-order chi connectivity index (χ0) is 17.4. The van der Waals surface area contributed by atoms with Crippen LogP contribution >= 0.6 is 11.3 Å². The lowest BCUT2D eigenvalue weighted by molar-refractivity contribution is -0.120. The van der Waals surface area contributed by atoms with Gasteiger partial charge in [0.05, 0.1) is 6.42 Å². The highest BCUT2D eigenvalue weighted by molar-refractivity contribution is 7.94. The number of thiophene rings is 1. The third-order valence-corrected chi connectivity index (χ3v) is 5.96. The number of carbonyl (C=O) groups excluding carboxylic acids is 1. The van der Waals surface area contributed by atoms with Gasteiger partial charge in [-0.1, -0.05) is 18.2 Å². The van der Waals surface area contributed by atoms with Crippen molar-refractivity contribution in [3.05, 3.63) is 47.3 Å². The lowest BCUT2D eigenvalue weighted by Gasteiger charge is -2.08. The fourth-order valence-electron chi connectivity index (χ4n) is 2.00. The van der Waals surface area contributed by atoms with Crippen LogP contribution in [0.15, 0.2) is 46.0 Å². The molecule has 0 spiro atoms. The predicted molar refractivity (Wildman–Crippen MR) is 94.8 cm³/mol. The summed E-state index contributed by atoms with van der Waals surface area (Å²) in [5, 5.41) is 4.52. The molecule has 1 aromatic heterocycles. The van der Waals surface area contributed by atoms with E-state index in [-0.39, 0.29) is 16.5 Å². The van der Waals surface area contributed by atoms with Gasteiger partial charge < -0.3 is 10.1 Å². The molecular weight excluding hydrogens is 348 g/mol.